The van der Waals surface area contributed by atoms with Gasteiger partial charge in [-0.1, -0.05) is 44.2 Å². The molecule has 1 aromatic heterocycles. The molecule has 1 atom stereocenters. The molecule has 2 saturated carbocycles. The maximum Gasteiger partial charge on any atom is 0.173 e. The van der Waals surface area contributed by atoms with E-state index in [1.807, 2.05) is 0 Å². The third-order valence-corrected chi connectivity index (χ3v) is 7.96. The molecule has 0 bridgehead atoms. The molecule has 2 heterocycles. The maximum atomic E-state index is 4.63. The van der Waals surface area contributed by atoms with Crippen LogP contribution in [0.1, 0.15) is 81.3 Å². The van der Waals surface area contributed by atoms with Gasteiger partial charge in [0.1, 0.15) is 0 Å². The number of rotatable bonds is 6. The molecule has 1 saturated heterocycles. The lowest BCUT2D eigenvalue weighted by Crippen LogP contribution is -2.51. The fourth-order valence-corrected chi connectivity index (χ4v) is 6.07. The summed E-state index contributed by atoms with van der Waals surface area (Å²) in [4.78, 5) is 7.52. The standard InChI is InChI=1S/C25H39N7/c1-29(2)21-14-12-20(13-15-21)24(25-26-27-28-32(25)23-10-4-3-5-11-23)31-18-16-30(17-19-31)22-8-6-7-9-22/h12-15,22-24H,3-11,16-19H2,1-2H3/t24-/m1/s1. The van der Waals surface area contributed by atoms with E-state index >= 15 is 0 Å². The molecular formula is C25H39N7. The van der Waals surface area contributed by atoms with Gasteiger partial charge in [0.25, 0.3) is 0 Å². The number of hydrogen-bond acceptors (Lipinski definition) is 6. The van der Waals surface area contributed by atoms with E-state index in [1.165, 1.54) is 69.0 Å². The summed E-state index contributed by atoms with van der Waals surface area (Å²) in [6, 6.07) is 10.4. The van der Waals surface area contributed by atoms with Crippen molar-refractivity contribution in [2.75, 3.05) is 45.2 Å². The average Bonchev–Trinajstić information content (AvgIpc) is 3.54. The Balaban J connectivity index is 1.42. The summed E-state index contributed by atoms with van der Waals surface area (Å²) in [5.74, 6) is 1.03. The van der Waals surface area contributed by atoms with E-state index in [-0.39, 0.29) is 6.04 Å². The first-order valence-corrected chi connectivity index (χ1v) is 12.7. The highest BCUT2D eigenvalue weighted by Crippen LogP contribution is 2.35. The largest absolute Gasteiger partial charge is 0.378 e. The summed E-state index contributed by atoms with van der Waals surface area (Å²) < 4.78 is 2.17. The van der Waals surface area contributed by atoms with E-state index in [2.05, 4.69) is 73.3 Å². The summed E-state index contributed by atoms with van der Waals surface area (Å²) in [7, 11) is 4.19. The number of hydrogen-bond donors (Lipinski definition) is 0. The minimum atomic E-state index is 0.119. The van der Waals surface area contributed by atoms with E-state index < -0.39 is 0 Å². The Morgan fingerprint density at radius 3 is 2.09 bits per heavy atom. The molecule has 0 N–H and O–H groups in total. The lowest BCUT2D eigenvalue weighted by atomic mass is 9.95. The van der Waals surface area contributed by atoms with Crippen molar-refractivity contribution in [3.63, 3.8) is 0 Å². The second-order valence-corrected chi connectivity index (χ2v) is 10.2. The van der Waals surface area contributed by atoms with Crippen LogP contribution in [0.15, 0.2) is 24.3 Å². The first-order chi connectivity index (χ1) is 15.7. The van der Waals surface area contributed by atoms with Crippen LogP contribution in [0.25, 0.3) is 0 Å². The zero-order chi connectivity index (χ0) is 21.9. The number of anilines is 1. The monoisotopic (exact) mass is 437 g/mol. The number of nitrogens with zero attached hydrogens (tertiary/aromatic N) is 7. The molecular weight excluding hydrogens is 398 g/mol. The first-order valence-electron chi connectivity index (χ1n) is 12.7. The predicted octanol–water partition coefficient (Wildman–Crippen LogP) is 3.89. The molecule has 7 nitrogen and oxygen atoms in total. The molecule has 0 amide bonds. The van der Waals surface area contributed by atoms with Crippen molar-refractivity contribution in [3.8, 4) is 0 Å². The quantitative estimate of drug-likeness (QED) is 0.683. The van der Waals surface area contributed by atoms with Gasteiger partial charge in [0.15, 0.2) is 5.82 Å². The lowest BCUT2D eigenvalue weighted by Gasteiger charge is -2.41. The lowest BCUT2D eigenvalue weighted by molar-refractivity contribution is 0.0760. The Kier molecular flexibility index (Phi) is 6.74. The Labute approximate surface area is 192 Å². The topological polar surface area (TPSA) is 53.3 Å². The van der Waals surface area contributed by atoms with Gasteiger partial charge in [-0.3, -0.25) is 9.80 Å². The molecule has 0 unspecified atom stereocenters. The summed E-state index contributed by atoms with van der Waals surface area (Å²) in [5.41, 5.74) is 2.53. The Morgan fingerprint density at radius 1 is 0.812 bits per heavy atom. The summed E-state index contributed by atoms with van der Waals surface area (Å²) in [6.07, 6.45) is 11.9. The van der Waals surface area contributed by atoms with Crippen molar-refractivity contribution in [1.29, 1.82) is 0 Å². The molecule has 174 valence electrons. The van der Waals surface area contributed by atoms with Gasteiger partial charge < -0.3 is 4.90 Å². The smallest absolute Gasteiger partial charge is 0.173 e. The second kappa shape index (κ2) is 9.87. The molecule has 7 heteroatoms. The molecule has 1 aromatic carbocycles. The SMILES string of the molecule is CN(C)c1ccc([C@H](c2nnnn2C2CCCCC2)N2CCN(C3CCCC3)CC2)cc1. The van der Waals surface area contributed by atoms with Gasteiger partial charge in [-0.05, 0) is 53.8 Å². The molecule has 5 rings (SSSR count). The molecule has 3 aliphatic rings. The van der Waals surface area contributed by atoms with Gasteiger partial charge in [0.2, 0.25) is 0 Å². The van der Waals surface area contributed by atoms with Crippen molar-refractivity contribution in [2.45, 2.75) is 75.9 Å². The van der Waals surface area contributed by atoms with Crippen LogP contribution in [0, 0.1) is 0 Å². The number of tetrazole rings is 1. The molecule has 32 heavy (non-hydrogen) atoms. The molecule has 1 aliphatic heterocycles. The van der Waals surface area contributed by atoms with Crippen LogP contribution in [0.5, 0.6) is 0 Å². The highest BCUT2D eigenvalue weighted by molar-refractivity contribution is 5.47. The van der Waals surface area contributed by atoms with Crippen molar-refractivity contribution < 1.29 is 0 Å². The number of benzene rings is 1. The summed E-state index contributed by atoms with van der Waals surface area (Å²) >= 11 is 0. The minimum absolute atomic E-state index is 0.119. The molecule has 0 spiro atoms. The van der Waals surface area contributed by atoms with Crippen LogP contribution >= 0.6 is 0 Å². The van der Waals surface area contributed by atoms with E-state index in [0.717, 1.165) is 38.0 Å². The second-order valence-electron chi connectivity index (χ2n) is 10.2. The van der Waals surface area contributed by atoms with Crippen LogP contribution in [-0.2, 0) is 0 Å². The third-order valence-electron chi connectivity index (χ3n) is 7.96. The molecule has 2 aromatic rings. The number of piperazine rings is 1. The number of aromatic nitrogens is 4. The molecule has 2 aliphatic carbocycles. The van der Waals surface area contributed by atoms with Gasteiger partial charge >= 0.3 is 0 Å². The van der Waals surface area contributed by atoms with E-state index in [9.17, 15) is 0 Å². The van der Waals surface area contributed by atoms with Gasteiger partial charge in [-0.2, -0.15) is 0 Å². The van der Waals surface area contributed by atoms with Crippen molar-refractivity contribution in [2.24, 2.45) is 0 Å². The van der Waals surface area contributed by atoms with Crippen LogP contribution in [-0.4, -0.2) is 76.3 Å². The van der Waals surface area contributed by atoms with Crippen LogP contribution in [0.3, 0.4) is 0 Å². The Morgan fingerprint density at radius 2 is 1.44 bits per heavy atom. The highest BCUT2D eigenvalue weighted by Gasteiger charge is 2.34. The summed E-state index contributed by atoms with van der Waals surface area (Å²) in [5, 5.41) is 13.3. The molecule has 3 fully saturated rings. The first kappa shape index (κ1) is 21.8. The zero-order valence-electron chi connectivity index (χ0n) is 19.9. The summed E-state index contributed by atoms with van der Waals surface area (Å²) in [6.45, 7) is 4.46. The predicted molar refractivity (Wildman–Crippen MR) is 128 cm³/mol. The van der Waals surface area contributed by atoms with Crippen molar-refractivity contribution >= 4 is 5.69 Å². The normalized spacial score (nSPS) is 22.9. The fourth-order valence-electron chi connectivity index (χ4n) is 6.07. The van der Waals surface area contributed by atoms with Gasteiger partial charge in [0.05, 0.1) is 12.1 Å². The highest BCUT2D eigenvalue weighted by atomic mass is 15.6. The van der Waals surface area contributed by atoms with E-state index in [4.69, 9.17) is 0 Å². The minimum Gasteiger partial charge on any atom is -0.378 e. The average molecular weight is 438 g/mol. The van der Waals surface area contributed by atoms with Gasteiger partial charge in [-0.25, -0.2) is 4.68 Å². The van der Waals surface area contributed by atoms with Gasteiger partial charge in [0, 0.05) is 52.0 Å². The third kappa shape index (κ3) is 4.55. The van der Waals surface area contributed by atoms with Crippen molar-refractivity contribution in [1.82, 2.24) is 30.0 Å². The maximum absolute atomic E-state index is 4.63. The fraction of sp³-hybridized carbons (Fsp3) is 0.720. The van der Waals surface area contributed by atoms with Crippen LogP contribution in [0.2, 0.25) is 0 Å². The molecule has 0 radical (unpaired) electrons. The van der Waals surface area contributed by atoms with Gasteiger partial charge in [-0.15, -0.1) is 5.10 Å². The zero-order valence-corrected chi connectivity index (χ0v) is 19.9. The Hall–Kier alpha value is -1.99. The van der Waals surface area contributed by atoms with Crippen LogP contribution < -0.4 is 4.90 Å². The Bertz CT molecular complexity index is 841. The van der Waals surface area contributed by atoms with Crippen LogP contribution in [0.4, 0.5) is 5.69 Å². The van der Waals surface area contributed by atoms with E-state index in [1.54, 1.807) is 0 Å². The van der Waals surface area contributed by atoms with Crippen molar-refractivity contribution in [3.05, 3.63) is 35.7 Å². The van der Waals surface area contributed by atoms with E-state index in [0.29, 0.717) is 6.04 Å².